The van der Waals surface area contributed by atoms with Crippen molar-refractivity contribution < 1.29 is 9.32 Å². The number of aryl methyl sites for hydroxylation is 1. The highest BCUT2D eigenvalue weighted by atomic mass is 16.5. The highest BCUT2D eigenvalue weighted by Crippen LogP contribution is 2.21. The normalized spacial score (nSPS) is 15.4. The maximum atomic E-state index is 12.3. The van der Waals surface area contributed by atoms with E-state index >= 15 is 0 Å². The molecule has 5 nitrogen and oxygen atoms in total. The van der Waals surface area contributed by atoms with E-state index in [1.54, 1.807) is 0 Å². The van der Waals surface area contributed by atoms with Crippen LogP contribution in [-0.4, -0.2) is 34.0 Å². The summed E-state index contributed by atoms with van der Waals surface area (Å²) in [6.07, 6.45) is 5.63. The molecule has 1 aromatic heterocycles. The first kappa shape index (κ1) is 17.6. The summed E-state index contributed by atoms with van der Waals surface area (Å²) in [5.74, 6) is 1.82. The molecule has 0 unspecified atom stereocenters. The van der Waals surface area contributed by atoms with Gasteiger partial charge in [-0.25, -0.2) is 0 Å². The summed E-state index contributed by atoms with van der Waals surface area (Å²) >= 11 is 0. The topological polar surface area (TPSA) is 59.2 Å². The number of carbonyl (C=O) groups is 1. The molecule has 3 rings (SSSR count). The van der Waals surface area contributed by atoms with Crippen molar-refractivity contribution in [2.45, 2.75) is 58.3 Å². The first-order chi connectivity index (χ1) is 12.1. The number of likely N-dealkylation sites (tertiary alicyclic amines) is 1. The molecule has 134 valence electrons. The average molecular weight is 341 g/mol. The van der Waals surface area contributed by atoms with Crippen molar-refractivity contribution in [3.05, 3.63) is 35.7 Å². The molecule has 1 saturated heterocycles. The van der Waals surface area contributed by atoms with E-state index in [-0.39, 0.29) is 5.91 Å². The molecular formula is C20H27N3O2. The minimum absolute atomic E-state index is 0.197. The van der Waals surface area contributed by atoms with Gasteiger partial charge in [0.1, 0.15) is 0 Å². The van der Waals surface area contributed by atoms with E-state index in [1.165, 1.54) is 18.4 Å². The number of carbonyl (C=O) groups excluding carboxylic acids is 1. The minimum atomic E-state index is 0.197. The fourth-order valence-electron chi connectivity index (χ4n) is 3.18. The maximum absolute atomic E-state index is 12.3. The lowest BCUT2D eigenvalue weighted by atomic mass is 10.0. The number of benzene rings is 1. The maximum Gasteiger partial charge on any atom is 0.227 e. The van der Waals surface area contributed by atoms with Gasteiger partial charge in [0.2, 0.25) is 17.6 Å². The standard InChI is InChI=1S/C20H27N3O2/c1-15(2)16-7-9-17(10-8-16)20-21-18(25-22-20)11-12-19(24)23-13-5-3-4-6-14-23/h7-10,15H,3-6,11-14H2,1-2H3. The zero-order valence-electron chi connectivity index (χ0n) is 15.2. The second-order valence-corrected chi connectivity index (χ2v) is 7.08. The number of hydrogen-bond donors (Lipinski definition) is 0. The lowest BCUT2D eigenvalue weighted by Crippen LogP contribution is -2.31. The van der Waals surface area contributed by atoms with E-state index in [1.807, 2.05) is 17.0 Å². The molecule has 2 heterocycles. The lowest BCUT2D eigenvalue weighted by molar-refractivity contribution is -0.131. The molecule has 0 N–H and O–H groups in total. The molecule has 0 atom stereocenters. The molecule has 5 heteroatoms. The molecule has 1 fully saturated rings. The van der Waals surface area contributed by atoms with Crippen LogP contribution in [0.15, 0.2) is 28.8 Å². The molecule has 1 amide bonds. The van der Waals surface area contributed by atoms with Gasteiger partial charge in [-0.2, -0.15) is 4.98 Å². The fourth-order valence-corrected chi connectivity index (χ4v) is 3.18. The van der Waals surface area contributed by atoms with Crippen LogP contribution < -0.4 is 0 Å². The summed E-state index contributed by atoms with van der Waals surface area (Å²) in [7, 11) is 0. The molecular weight excluding hydrogens is 314 g/mol. The van der Waals surface area contributed by atoms with Crippen molar-refractivity contribution in [2.24, 2.45) is 0 Å². The van der Waals surface area contributed by atoms with Gasteiger partial charge in [0.15, 0.2) is 0 Å². The first-order valence-electron chi connectivity index (χ1n) is 9.34. The first-order valence-corrected chi connectivity index (χ1v) is 9.34. The van der Waals surface area contributed by atoms with E-state index in [0.717, 1.165) is 31.5 Å². The van der Waals surface area contributed by atoms with Gasteiger partial charge in [-0.1, -0.05) is 56.1 Å². The molecule has 1 aromatic carbocycles. The van der Waals surface area contributed by atoms with Crippen LogP contribution in [0.3, 0.4) is 0 Å². The molecule has 0 radical (unpaired) electrons. The SMILES string of the molecule is CC(C)c1ccc(-c2noc(CCC(=O)N3CCCCCC3)n2)cc1. The summed E-state index contributed by atoms with van der Waals surface area (Å²) in [6, 6.07) is 8.23. The van der Waals surface area contributed by atoms with Crippen LogP contribution in [0.2, 0.25) is 0 Å². The van der Waals surface area contributed by atoms with Gasteiger partial charge >= 0.3 is 0 Å². The van der Waals surface area contributed by atoms with E-state index in [9.17, 15) is 4.79 Å². The Morgan fingerprint density at radius 1 is 1.12 bits per heavy atom. The Hall–Kier alpha value is -2.17. The van der Waals surface area contributed by atoms with Crippen LogP contribution >= 0.6 is 0 Å². The van der Waals surface area contributed by atoms with Crippen LogP contribution in [-0.2, 0) is 11.2 Å². The zero-order valence-corrected chi connectivity index (χ0v) is 15.2. The van der Waals surface area contributed by atoms with Gasteiger partial charge in [-0.3, -0.25) is 4.79 Å². The van der Waals surface area contributed by atoms with Crippen molar-refractivity contribution in [1.29, 1.82) is 0 Å². The third-order valence-corrected chi connectivity index (χ3v) is 4.82. The van der Waals surface area contributed by atoms with Crippen LogP contribution in [0.25, 0.3) is 11.4 Å². The van der Waals surface area contributed by atoms with E-state index in [2.05, 4.69) is 36.1 Å². The number of nitrogens with zero attached hydrogens (tertiary/aromatic N) is 3. The van der Waals surface area contributed by atoms with Gasteiger partial charge in [0.05, 0.1) is 0 Å². The van der Waals surface area contributed by atoms with Crippen molar-refractivity contribution in [3.63, 3.8) is 0 Å². The monoisotopic (exact) mass is 341 g/mol. The number of amides is 1. The highest BCUT2D eigenvalue weighted by Gasteiger charge is 2.17. The molecule has 2 aromatic rings. The van der Waals surface area contributed by atoms with Gasteiger partial charge in [-0.05, 0) is 24.3 Å². The van der Waals surface area contributed by atoms with Crippen molar-refractivity contribution in [2.75, 3.05) is 13.1 Å². The Labute approximate surface area is 149 Å². The number of rotatable bonds is 5. The molecule has 0 spiro atoms. The average Bonchev–Trinajstić information content (AvgIpc) is 2.93. The Morgan fingerprint density at radius 3 is 2.44 bits per heavy atom. The van der Waals surface area contributed by atoms with Crippen LogP contribution in [0.5, 0.6) is 0 Å². The largest absolute Gasteiger partial charge is 0.343 e. The van der Waals surface area contributed by atoms with Crippen LogP contribution in [0.1, 0.15) is 63.3 Å². The summed E-state index contributed by atoms with van der Waals surface area (Å²) in [5, 5.41) is 4.06. The second kappa shape index (κ2) is 8.28. The van der Waals surface area contributed by atoms with E-state index in [0.29, 0.717) is 30.5 Å². The highest BCUT2D eigenvalue weighted by molar-refractivity contribution is 5.76. The zero-order chi connectivity index (χ0) is 17.6. The molecule has 0 bridgehead atoms. The second-order valence-electron chi connectivity index (χ2n) is 7.08. The van der Waals surface area contributed by atoms with Gasteiger partial charge in [-0.15, -0.1) is 0 Å². The predicted molar refractivity (Wildman–Crippen MR) is 97.2 cm³/mol. The van der Waals surface area contributed by atoms with Gasteiger partial charge < -0.3 is 9.42 Å². The van der Waals surface area contributed by atoms with Crippen molar-refractivity contribution in [1.82, 2.24) is 15.0 Å². The molecule has 0 aliphatic carbocycles. The smallest absolute Gasteiger partial charge is 0.227 e. The van der Waals surface area contributed by atoms with E-state index < -0.39 is 0 Å². The lowest BCUT2D eigenvalue weighted by Gasteiger charge is -2.19. The van der Waals surface area contributed by atoms with E-state index in [4.69, 9.17) is 4.52 Å². The molecule has 1 aliphatic heterocycles. The van der Waals surface area contributed by atoms with Crippen LogP contribution in [0.4, 0.5) is 0 Å². The minimum Gasteiger partial charge on any atom is -0.343 e. The quantitative estimate of drug-likeness (QED) is 0.818. The summed E-state index contributed by atoms with van der Waals surface area (Å²) in [4.78, 5) is 18.8. The van der Waals surface area contributed by atoms with Crippen molar-refractivity contribution >= 4 is 5.91 Å². The van der Waals surface area contributed by atoms with Crippen LogP contribution in [0, 0.1) is 0 Å². The Kier molecular flexibility index (Phi) is 5.84. The van der Waals surface area contributed by atoms with Gasteiger partial charge in [0.25, 0.3) is 0 Å². The predicted octanol–water partition coefficient (Wildman–Crippen LogP) is 4.20. The third-order valence-electron chi connectivity index (χ3n) is 4.82. The van der Waals surface area contributed by atoms with Crippen molar-refractivity contribution in [3.8, 4) is 11.4 Å². The number of aromatic nitrogens is 2. The third kappa shape index (κ3) is 4.68. The Bertz CT molecular complexity index is 683. The summed E-state index contributed by atoms with van der Waals surface area (Å²) in [6.45, 7) is 6.11. The Morgan fingerprint density at radius 2 is 1.80 bits per heavy atom. The van der Waals surface area contributed by atoms with Gasteiger partial charge in [0, 0.05) is 31.5 Å². The fraction of sp³-hybridized carbons (Fsp3) is 0.550. The molecule has 1 aliphatic rings. The molecule has 0 saturated carbocycles. The Balaban J connectivity index is 1.57. The summed E-state index contributed by atoms with van der Waals surface area (Å²) in [5.41, 5.74) is 2.23. The molecule has 25 heavy (non-hydrogen) atoms. The number of hydrogen-bond acceptors (Lipinski definition) is 4. The summed E-state index contributed by atoms with van der Waals surface area (Å²) < 4.78 is 5.33.